The van der Waals surface area contributed by atoms with E-state index in [0.717, 1.165) is 36.7 Å². The lowest BCUT2D eigenvalue weighted by molar-refractivity contribution is -0.0000107. The quantitative estimate of drug-likeness (QED) is 0.169. The van der Waals surface area contributed by atoms with E-state index in [1.165, 1.54) is 15.9 Å². The Morgan fingerprint density at radius 2 is 1.02 bits per heavy atom. The van der Waals surface area contributed by atoms with Crippen LogP contribution in [0.5, 0.6) is 0 Å². The Balaban J connectivity index is 0.00000370. The van der Waals surface area contributed by atoms with E-state index in [0.29, 0.717) is 0 Å². The number of hydrogen-bond acceptors (Lipinski definition) is 3. The molecule has 0 bridgehead atoms. The second-order valence-corrected chi connectivity index (χ2v) is 15.0. The van der Waals surface area contributed by atoms with Gasteiger partial charge in [0.1, 0.15) is 23.2 Å². The van der Waals surface area contributed by atoms with Crippen LogP contribution in [0.2, 0.25) is 0 Å². The van der Waals surface area contributed by atoms with E-state index in [-0.39, 0.29) is 35.3 Å². The minimum Gasteiger partial charge on any atom is -1.00 e. The first-order chi connectivity index (χ1) is 18.8. The first kappa shape index (κ1) is 30.5. The van der Waals surface area contributed by atoms with E-state index in [9.17, 15) is 0 Å². The number of hydrogen-bond donors (Lipinski definition) is 1. The molecule has 3 nitrogen and oxygen atoms in total. The Kier molecular flexibility index (Phi) is 9.95. The fourth-order valence-corrected chi connectivity index (χ4v) is 9.74. The van der Waals surface area contributed by atoms with Gasteiger partial charge in [-0.15, -0.1) is 0 Å². The first-order valence-corrected chi connectivity index (χ1v) is 16.0. The molecule has 0 aliphatic carbocycles. The van der Waals surface area contributed by atoms with Crippen molar-refractivity contribution in [3.63, 3.8) is 0 Å². The van der Waals surface area contributed by atoms with Crippen molar-refractivity contribution in [3.8, 4) is 0 Å². The maximum Gasteiger partial charge on any atom is 0.494 e. The van der Waals surface area contributed by atoms with Crippen molar-refractivity contribution in [1.82, 2.24) is 0 Å². The molecule has 1 aliphatic heterocycles. The topological polar surface area (TPSA) is 30.5 Å². The Morgan fingerprint density at radius 1 is 0.600 bits per heavy atom. The van der Waals surface area contributed by atoms with Crippen molar-refractivity contribution in [2.45, 2.75) is 51.7 Å². The van der Waals surface area contributed by atoms with Gasteiger partial charge in [-0.25, -0.2) is 0 Å². The average Bonchev–Trinajstić information content (AvgIpc) is 3.19. The molecule has 4 aromatic carbocycles. The molecule has 0 spiro atoms. The largest absolute Gasteiger partial charge is 1.00 e. The van der Waals surface area contributed by atoms with Gasteiger partial charge in [0, 0.05) is 12.2 Å². The molecule has 1 N–H and O–H groups in total. The highest BCUT2D eigenvalue weighted by Gasteiger charge is 2.51. The Hall–Kier alpha value is -2.43. The van der Waals surface area contributed by atoms with Crippen LogP contribution in [0.15, 0.2) is 115 Å². The summed E-state index contributed by atoms with van der Waals surface area (Å²) >= 11 is 0. The van der Waals surface area contributed by atoms with Gasteiger partial charge in [-0.05, 0) is 94.5 Å². The fraction of sp³-hybridized carbons (Fsp3) is 0.294. The number of benzene rings is 4. The van der Waals surface area contributed by atoms with E-state index in [2.05, 4.69) is 148 Å². The van der Waals surface area contributed by atoms with Gasteiger partial charge in [0.25, 0.3) is 0 Å². The summed E-state index contributed by atoms with van der Waals surface area (Å²) in [7, 11) is -2.09. The summed E-state index contributed by atoms with van der Waals surface area (Å²) in [5.41, 5.74) is 1.53. The summed E-state index contributed by atoms with van der Waals surface area (Å²) in [6, 6.07) is 41.9. The van der Waals surface area contributed by atoms with Gasteiger partial charge in [0.05, 0.1) is 17.4 Å². The first-order valence-electron chi connectivity index (χ1n) is 14.1. The van der Waals surface area contributed by atoms with Gasteiger partial charge in [0.15, 0.2) is 0 Å². The zero-order valence-corrected chi connectivity index (χ0v) is 26.5. The fourth-order valence-electron chi connectivity index (χ4n) is 5.33. The van der Waals surface area contributed by atoms with E-state index in [1.54, 1.807) is 0 Å². The summed E-state index contributed by atoms with van der Waals surface area (Å²) < 4.78 is 12.4. The Labute approximate surface area is 252 Å². The number of anilines is 1. The highest BCUT2D eigenvalue weighted by molar-refractivity contribution is 7.95. The summed E-state index contributed by atoms with van der Waals surface area (Å²) in [4.78, 5) is 0. The van der Waals surface area contributed by atoms with Crippen LogP contribution < -0.4 is 43.7 Å². The van der Waals surface area contributed by atoms with Crippen molar-refractivity contribution in [2.24, 2.45) is 0 Å². The number of unbranched alkanes of at least 4 members (excludes halogenated alkanes) is 1. The highest BCUT2D eigenvalue weighted by atomic mass is 79.9. The predicted molar refractivity (Wildman–Crippen MR) is 170 cm³/mol. The SMILES string of the molecule is CC1(C)OB(c2ccc(NCCCC[P+](c3ccccc3)(c3ccccc3)c3ccccc3)cc2)OC1(C)C.[Br-]. The van der Waals surface area contributed by atoms with Gasteiger partial charge in [0.2, 0.25) is 0 Å². The zero-order chi connectivity index (χ0) is 27.3. The summed E-state index contributed by atoms with van der Waals surface area (Å²) in [5.74, 6) is 0. The van der Waals surface area contributed by atoms with Gasteiger partial charge >= 0.3 is 7.12 Å². The molecule has 208 valence electrons. The van der Waals surface area contributed by atoms with Crippen molar-refractivity contribution in [1.29, 1.82) is 0 Å². The molecular weight excluding hydrogens is 576 g/mol. The molecule has 5 rings (SSSR count). The molecule has 4 aromatic rings. The maximum absolute atomic E-state index is 6.20. The normalized spacial score (nSPS) is 15.8. The van der Waals surface area contributed by atoms with Gasteiger partial charge in [-0.1, -0.05) is 66.7 Å². The minimum absolute atomic E-state index is 0. The second-order valence-electron chi connectivity index (χ2n) is 11.4. The van der Waals surface area contributed by atoms with E-state index >= 15 is 0 Å². The second kappa shape index (κ2) is 13.0. The van der Waals surface area contributed by atoms with Crippen LogP contribution in [0.4, 0.5) is 5.69 Å². The highest BCUT2D eigenvalue weighted by Crippen LogP contribution is 2.55. The number of rotatable bonds is 10. The van der Waals surface area contributed by atoms with E-state index in [1.807, 2.05) is 0 Å². The Morgan fingerprint density at radius 3 is 1.45 bits per heavy atom. The molecule has 1 saturated heterocycles. The molecule has 0 amide bonds. The van der Waals surface area contributed by atoms with Crippen molar-refractivity contribution >= 4 is 41.4 Å². The number of nitrogens with one attached hydrogen (secondary N) is 1. The molecular formula is C34H40BBrNO2P. The third kappa shape index (κ3) is 6.39. The molecule has 1 heterocycles. The lowest BCUT2D eigenvalue weighted by atomic mass is 9.79. The van der Waals surface area contributed by atoms with Crippen LogP contribution in [-0.2, 0) is 9.31 Å². The minimum atomic E-state index is -1.76. The van der Waals surface area contributed by atoms with Gasteiger partial charge in [-0.3, -0.25) is 0 Å². The lowest BCUT2D eigenvalue weighted by Crippen LogP contribution is -3.00. The number of halogens is 1. The van der Waals surface area contributed by atoms with Crippen molar-refractivity contribution in [3.05, 3.63) is 115 Å². The lowest BCUT2D eigenvalue weighted by Gasteiger charge is -2.32. The molecule has 0 radical (unpaired) electrons. The predicted octanol–water partition coefficient (Wildman–Crippen LogP) is 3.18. The van der Waals surface area contributed by atoms with Crippen LogP contribution in [0.25, 0.3) is 0 Å². The summed E-state index contributed by atoms with van der Waals surface area (Å²) in [5, 5.41) is 7.99. The Bertz CT molecular complexity index is 1220. The molecule has 0 unspecified atom stereocenters. The van der Waals surface area contributed by atoms with Crippen LogP contribution in [-0.4, -0.2) is 31.0 Å². The molecule has 0 aromatic heterocycles. The molecule has 6 heteroatoms. The standard InChI is InChI=1S/C34H40BNO2P.BrH/c1-33(2)34(3,4)38-35(37-33)28-22-24-29(25-23-28)36-26-14-15-27-39(30-16-8-5-9-17-30,31-18-10-6-11-19-31)32-20-12-7-13-21-32;/h5-13,16-25,36H,14-15,26-27H2,1-4H3;1H/q+1;/p-1. The monoisotopic (exact) mass is 615 g/mol. The zero-order valence-electron chi connectivity index (χ0n) is 24.0. The average molecular weight is 616 g/mol. The molecule has 40 heavy (non-hydrogen) atoms. The molecule has 1 fully saturated rings. The molecule has 0 atom stereocenters. The third-order valence-electron chi connectivity index (χ3n) is 8.28. The summed E-state index contributed by atoms with van der Waals surface area (Å²) in [6.07, 6.45) is 3.40. The van der Waals surface area contributed by atoms with Gasteiger partial charge in [-0.2, -0.15) is 0 Å². The van der Waals surface area contributed by atoms with Crippen molar-refractivity contribution < 1.29 is 26.3 Å². The van der Waals surface area contributed by atoms with Crippen LogP contribution in [0, 0.1) is 0 Å². The van der Waals surface area contributed by atoms with Gasteiger partial charge < -0.3 is 31.6 Å². The van der Waals surface area contributed by atoms with Crippen molar-refractivity contribution in [2.75, 3.05) is 18.0 Å². The maximum atomic E-state index is 6.20. The van der Waals surface area contributed by atoms with Crippen LogP contribution in [0.3, 0.4) is 0 Å². The molecule has 1 aliphatic rings. The third-order valence-corrected chi connectivity index (χ3v) is 12.8. The smallest absolute Gasteiger partial charge is 0.494 e. The van der Waals surface area contributed by atoms with E-state index in [4.69, 9.17) is 9.31 Å². The summed E-state index contributed by atoms with van der Waals surface area (Å²) in [6.45, 7) is 9.30. The van der Waals surface area contributed by atoms with Crippen LogP contribution in [0.1, 0.15) is 40.5 Å². The molecule has 0 saturated carbocycles. The van der Waals surface area contributed by atoms with E-state index < -0.39 is 7.26 Å². The van der Waals surface area contributed by atoms with Crippen LogP contribution >= 0.6 is 7.26 Å².